The standard InChI is InChI=1S/C20H22FN5O3/c1-12-6-14(8-24-20(12)26-9-15(10-26)25-28-2)16-5-3-4-13(19(16)21)11-29-18(27)7-17(22)23/h3-6,8H,7,9-11H2,1-2H3,(H3,22,23). The Morgan fingerprint density at radius 2 is 2.17 bits per heavy atom. The molecule has 1 aliphatic rings. The number of esters is 1. The predicted octanol–water partition coefficient (Wildman–Crippen LogP) is 2.39. The molecule has 8 nitrogen and oxygen atoms in total. The number of hydrogen-bond acceptors (Lipinski definition) is 7. The van der Waals surface area contributed by atoms with E-state index >= 15 is 0 Å². The number of hydrogen-bond donors (Lipinski definition) is 2. The average Bonchev–Trinajstić information content (AvgIpc) is 2.63. The van der Waals surface area contributed by atoms with E-state index in [1.807, 2.05) is 13.0 Å². The summed E-state index contributed by atoms with van der Waals surface area (Å²) in [5.74, 6) is -0.627. The highest BCUT2D eigenvalue weighted by atomic mass is 19.1. The monoisotopic (exact) mass is 399 g/mol. The topological polar surface area (TPSA) is 114 Å². The van der Waals surface area contributed by atoms with Crippen molar-refractivity contribution in [2.45, 2.75) is 20.0 Å². The van der Waals surface area contributed by atoms with Crippen molar-refractivity contribution in [3.05, 3.63) is 47.4 Å². The van der Waals surface area contributed by atoms with E-state index in [1.165, 1.54) is 7.11 Å². The molecular weight excluding hydrogens is 377 g/mol. The lowest BCUT2D eigenvalue weighted by atomic mass is 10.0. The number of halogens is 1. The van der Waals surface area contributed by atoms with Gasteiger partial charge in [-0.3, -0.25) is 10.2 Å². The van der Waals surface area contributed by atoms with Crippen LogP contribution in [0.1, 0.15) is 17.5 Å². The van der Waals surface area contributed by atoms with E-state index in [4.69, 9.17) is 20.7 Å². The van der Waals surface area contributed by atoms with Crippen molar-refractivity contribution < 1.29 is 18.8 Å². The Morgan fingerprint density at radius 3 is 2.83 bits per heavy atom. The minimum absolute atomic E-state index is 0.230. The first-order valence-corrected chi connectivity index (χ1v) is 8.95. The molecule has 0 radical (unpaired) electrons. The minimum Gasteiger partial charge on any atom is -0.460 e. The second-order valence-corrected chi connectivity index (χ2v) is 6.70. The van der Waals surface area contributed by atoms with Crippen LogP contribution >= 0.6 is 0 Å². The van der Waals surface area contributed by atoms with Gasteiger partial charge in [-0.25, -0.2) is 9.37 Å². The number of nitrogens with one attached hydrogen (secondary N) is 1. The maximum Gasteiger partial charge on any atom is 0.313 e. The molecule has 29 heavy (non-hydrogen) atoms. The van der Waals surface area contributed by atoms with Gasteiger partial charge < -0.3 is 20.2 Å². The molecule has 1 aliphatic heterocycles. The summed E-state index contributed by atoms with van der Waals surface area (Å²) in [5.41, 5.74) is 8.26. The first-order valence-electron chi connectivity index (χ1n) is 8.95. The third-order valence-electron chi connectivity index (χ3n) is 4.43. The van der Waals surface area contributed by atoms with Gasteiger partial charge in [0.1, 0.15) is 37.6 Å². The molecule has 152 valence electrons. The van der Waals surface area contributed by atoms with Crippen molar-refractivity contribution >= 4 is 23.3 Å². The van der Waals surface area contributed by atoms with E-state index < -0.39 is 11.8 Å². The number of anilines is 1. The number of oxime groups is 1. The number of aromatic nitrogens is 1. The van der Waals surface area contributed by atoms with Gasteiger partial charge in [0.25, 0.3) is 0 Å². The van der Waals surface area contributed by atoms with E-state index in [9.17, 15) is 9.18 Å². The van der Waals surface area contributed by atoms with Crippen LogP contribution in [0.3, 0.4) is 0 Å². The summed E-state index contributed by atoms with van der Waals surface area (Å²) in [6, 6.07) is 6.76. The van der Waals surface area contributed by atoms with Crippen molar-refractivity contribution in [1.82, 2.24) is 4.98 Å². The van der Waals surface area contributed by atoms with Crippen LogP contribution in [0.25, 0.3) is 11.1 Å². The highest BCUT2D eigenvalue weighted by Gasteiger charge is 2.25. The molecule has 0 aliphatic carbocycles. The molecular formula is C20H22FN5O3. The maximum absolute atomic E-state index is 14.9. The third-order valence-corrected chi connectivity index (χ3v) is 4.43. The quantitative estimate of drug-likeness (QED) is 0.320. The zero-order valence-corrected chi connectivity index (χ0v) is 16.2. The lowest BCUT2D eigenvalue weighted by Crippen LogP contribution is -2.48. The molecule has 3 rings (SSSR count). The lowest BCUT2D eigenvalue weighted by Gasteiger charge is -2.34. The van der Waals surface area contributed by atoms with Gasteiger partial charge in [-0.05, 0) is 18.6 Å². The molecule has 1 fully saturated rings. The molecule has 2 heterocycles. The van der Waals surface area contributed by atoms with Crippen LogP contribution in [0.5, 0.6) is 0 Å². The Bertz CT molecular complexity index is 969. The van der Waals surface area contributed by atoms with Gasteiger partial charge in [0.15, 0.2) is 0 Å². The summed E-state index contributed by atoms with van der Waals surface area (Å²) in [6.45, 7) is 2.99. The smallest absolute Gasteiger partial charge is 0.313 e. The summed E-state index contributed by atoms with van der Waals surface area (Å²) >= 11 is 0. The highest BCUT2D eigenvalue weighted by Crippen LogP contribution is 2.29. The Kier molecular flexibility index (Phi) is 6.06. The van der Waals surface area contributed by atoms with Crippen LogP contribution in [0, 0.1) is 18.2 Å². The lowest BCUT2D eigenvalue weighted by molar-refractivity contribution is -0.143. The first kappa shape index (κ1) is 20.2. The molecule has 9 heteroatoms. The molecule has 0 saturated carbocycles. The molecule has 2 aromatic rings. The van der Waals surface area contributed by atoms with Crippen molar-refractivity contribution in [3.8, 4) is 11.1 Å². The number of benzene rings is 1. The van der Waals surface area contributed by atoms with E-state index in [0.717, 1.165) is 17.1 Å². The van der Waals surface area contributed by atoms with Crippen LogP contribution in [0.15, 0.2) is 35.6 Å². The molecule has 3 N–H and O–H groups in total. The molecule has 1 saturated heterocycles. The number of carbonyl (C=O) groups excluding carboxylic acids is 1. The number of nitrogens with two attached hydrogens (primary N) is 1. The highest BCUT2D eigenvalue weighted by molar-refractivity contribution is 5.99. The predicted molar refractivity (Wildman–Crippen MR) is 107 cm³/mol. The zero-order valence-electron chi connectivity index (χ0n) is 16.2. The molecule has 1 aromatic carbocycles. The molecule has 0 bridgehead atoms. The fraction of sp³-hybridized carbons (Fsp3) is 0.300. The van der Waals surface area contributed by atoms with Gasteiger partial charge in [-0.1, -0.05) is 23.4 Å². The normalized spacial score (nSPS) is 12.9. The fourth-order valence-electron chi connectivity index (χ4n) is 3.06. The van der Waals surface area contributed by atoms with Crippen LogP contribution in [-0.2, 0) is 21.0 Å². The average molecular weight is 399 g/mol. The number of aryl methyl sites for hydroxylation is 1. The van der Waals surface area contributed by atoms with Gasteiger partial charge >= 0.3 is 5.97 Å². The van der Waals surface area contributed by atoms with E-state index in [0.29, 0.717) is 24.2 Å². The summed E-state index contributed by atoms with van der Waals surface area (Å²) in [7, 11) is 1.51. The number of carbonyl (C=O) groups is 1. The van der Waals surface area contributed by atoms with E-state index in [2.05, 4.69) is 15.0 Å². The number of nitrogens with zero attached hydrogens (tertiary/aromatic N) is 3. The van der Waals surface area contributed by atoms with Gasteiger partial charge in [0.05, 0.1) is 18.8 Å². The maximum atomic E-state index is 14.9. The fourth-order valence-corrected chi connectivity index (χ4v) is 3.06. The van der Waals surface area contributed by atoms with E-state index in [1.54, 1.807) is 24.4 Å². The van der Waals surface area contributed by atoms with Crippen molar-refractivity contribution in [1.29, 1.82) is 5.41 Å². The van der Waals surface area contributed by atoms with Crippen molar-refractivity contribution in [2.24, 2.45) is 10.9 Å². The number of ether oxygens (including phenoxy) is 1. The van der Waals surface area contributed by atoms with Crippen LogP contribution < -0.4 is 10.6 Å². The number of amidine groups is 1. The van der Waals surface area contributed by atoms with Gasteiger partial charge in [-0.2, -0.15) is 0 Å². The van der Waals surface area contributed by atoms with Crippen LogP contribution in [0.4, 0.5) is 10.2 Å². The number of rotatable bonds is 7. The second kappa shape index (κ2) is 8.68. The molecule has 0 atom stereocenters. The van der Waals surface area contributed by atoms with Crippen molar-refractivity contribution in [2.75, 3.05) is 25.1 Å². The summed E-state index contributed by atoms with van der Waals surface area (Å²) < 4.78 is 19.9. The third kappa shape index (κ3) is 4.68. The van der Waals surface area contributed by atoms with Crippen LogP contribution in [0.2, 0.25) is 0 Å². The summed E-state index contributed by atoms with van der Waals surface area (Å²) in [5, 5.41) is 11.0. The molecule has 1 aromatic heterocycles. The van der Waals surface area contributed by atoms with Gasteiger partial charge in [-0.15, -0.1) is 0 Å². The Labute approximate surface area is 167 Å². The molecule has 0 unspecified atom stereocenters. The molecule has 0 spiro atoms. The second-order valence-electron chi connectivity index (χ2n) is 6.70. The Hall–Kier alpha value is -3.49. The molecule has 0 amide bonds. The minimum atomic E-state index is -0.671. The Balaban J connectivity index is 1.75. The largest absolute Gasteiger partial charge is 0.460 e. The number of pyridine rings is 1. The SMILES string of the molecule is CON=C1CN(c2ncc(-c3cccc(COC(=O)CC(=N)N)c3F)cc2C)C1. The first-order chi connectivity index (χ1) is 13.9. The van der Waals surface area contributed by atoms with Crippen molar-refractivity contribution in [3.63, 3.8) is 0 Å². The van der Waals surface area contributed by atoms with Gasteiger partial charge in [0.2, 0.25) is 0 Å². The summed E-state index contributed by atoms with van der Waals surface area (Å²) in [6.07, 6.45) is 1.30. The van der Waals surface area contributed by atoms with Gasteiger partial charge in [0, 0.05) is 22.9 Å². The summed E-state index contributed by atoms with van der Waals surface area (Å²) in [4.78, 5) is 22.9. The van der Waals surface area contributed by atoms with E-state index in [-0.39, 0.29) is 24.4 Å². The zero-order chi connectivity index (χ0) is 21.0. The Morgan fingerprint density at radius 1 is 1.41 bits per heavy atom. The van der Waals surface area contributed by atoms with Crippen LogP contribution in [-0.4, -0.2) is 42.7 Å².